The van der Waals surface area contributed by atoms with Crippen LogP contribution < -0.4 is 5.32 Å². The van der Waals surface area contributed by atoms with Gasteiger partial charge < -0.3 is 19.5 Å². The minimum absolute atomic E-state index is 0.446. The minimum Gasteiger partial charge on any atom is -0.382 e. The Morgan fingerprint density at radius 2 is 1.71 bits per heavy atom. The van der Waals surface area contributed by atoms with E-state index in [0.29, 0.717) is 33.0 Å². The van der Waals surface area contributed by atoms with Crippen molar-refractivity contribution in [3.05, 3.63) is 0 Å². The summed E-state index contributed by atoms with van der Waals surface area (Å²) in [5.74, 6) is 0. The van der Waals surface area contributed by atoms with Gasteiger partial charge >= 0.3 is 0 Å². The number of methoxy groups -OCH3 is 1. The summed E-state index contributed by atoms with van der Waals surface area (Å²) >= 11 is 0. The van der Waals surface area contributed by atoms with Crippen LogP contribution in [0.15, 0.2) is 0 Å². The lowest BCUT2D eigenvalue weighted by Gasteiger charge is -2.20. The summed E-state index contributed by atoms with van der Waals surface area (Å²) in [7, 11) is 3.45. The molecule has 1 N–H and O–H groups in total. The van der Waals surface area contributed by atoms with Gasteiger partial charge in [-0.1, -0.05) is 0 Å². The first kappa shape index (κ1) is 16.3. The van der Waals surface area contributed by atoms with Crippen LogP contribution in [0.3, 0.4) is 0 Å². The molecule has 0 aliphatic carbocycles. The van der Waals surface area contributed by atoms with Crippen molar-refractivity contribution in [3.63, 3.8) is 0 Å². The molecule has 0 spiro atoms. The zero-order valence-electron chi connectivity index (χ0n) is 11.1. The average Bonchev–Trinajstić information content (AvgIpc) is 2.36. The highest BCUT2D eigenvalue weighted by Gasteiger charge is 2.19. The minimum atomic E-state index is -0.446. The maximum atomic E-state index is 8.92. The molecule has 100 valence electrons. The fourth-order valence-electron chi connectivity index (χ4n) is 1.23. The molecule has 0 fully saturated rings. The fourth-order valence-corrected chi connectivity index (χ4v) is 1.23. The zero-order chi connectivity index (χ0) is 13.0. The largest absolute Gasteiger partial charge is 0.382 e. The van der Waals surface area contributed by atoms with Crippen molar-refractivity contribution in [1.82, 2.24) is 5.32 Å². The van der Waals surface area contributed by atoms with E-state index in [0.717, 1.165) is 12.8 Å². The van der Waals surface area contributed by atoms with Crippen molar-refractivity contribution < 1.29 is 14.2 Å². The summed E-state index contributed by atoms with van der Waals surface area (Å²) in [6, 6.07) is 2.25. The van der Waals surface area contributed by atoms with Crippen LogP contribution in [-0.4, -0.2) is 52.7 Å². The van der Waals surface area contributed by atoms with Crippen LogP contribution in [0.2, 0.25) is 0 Å². The first-order valence-electron chi connectivity index (χ1n) is 5.93. The lowest BCUT2D eigenvalue weighted by molar-refractivity contribution is 0.0234. The molecule has 0 saturated heterocycles. The summed E-state index contributed by atoms with van der Waals surface area (Å²) in [6.45, 7) is 4.94. The molecule has 0 aromatic rings. The number of rotatable bonds is 11. The van der Waals surface area contributed by atoms with Crippen molar-refractivity contribution in [2.24, 2.45) is 0 Å². The van der Waals surface area contributed by atoms with Gasteiger partial charge in [-0.3, -0.25) is 0 Å². The van der Waals surface area contributed by atoms with Gasteiger partial charge in [-0.15, -0.1) is 0 Å². The maximum absolute atomic E-state index is 8.92. The predicted octanol–water partition coefficient (Wildman–Crippen LogP) is 0.948. The van der Waals surface area contributed by atoms with E-state index in [1.54, 1.807) is 14.2 Å². The first-order chi connectivity index (χ1) is 8.18. The maximum Gasteiger partial charge on any atom is 0.103 e. The molecule has 0 radical (unpaired) electrons. The van der Waals surface area contributed by atoms with Gasteiger partial charge in [0.2, 0.25) is 0 Å². The van der Waals surface area contributed by atoms with Gasteiger partial charge in [0.15, 0.2) is 0 Å². The number of nitrogens with zero attached hydrogens (tertiary/aromatic N) is 1. The summed E-state index contributed by atoms with van der Waals surface area (Å²) in [5, 5.41) is 11.9. The van der Waals surface area contributed by atoms with Crippen molar-refractivity contribution in [1.29, 1.82) is 5.26 Å². The van der Waals surface area contributed by atoms with E-state index in [1.807, 2.05) is 6.92 Å². The van der Waals surface area contributed by atoms with E-state index in [1.165, 1.54) is 0 Å². The lowest BCUT2D eigenvalue weighted by Crippen LogP contribution is -2.38. The van der Waals surface area contributed by atoms with E-state index in [2.05, 4.69) is 11.4 Å². The van der Waals surface area contributed by atoms with Crippen LogP contribution >= 0.6 is 0 Å². The van der Waals surface area contributed by atoms with E-state index in [9.17, 15) is 0 Å². The SMILES string of the molecule is CNC(C)(C#N)CCCOCCOCCOC. The van der Waals surface area contributed by atoms with Crippen molar-refractivity contribution in [3.8, 4) is 6.07 Å². The van der Waals surface area contributed by atoms with Gasteiger partial charge in [-0.2, -0.15) is 5.26 Å². The number of hydrogen-bond donors (Lipinski definition) is 1. The standard InChI is InChI=1S/C12H24N2O3/c1-12(11-13,14-2)5-4-6-16-9-10-17-8-7-15-3/h14H,4-10H2,1-3H3. The number of ether oxygens (including phenoxy) is 3. The Balaban J connectivity index is 3.27. The number of hydrogen-bond acceptors (Lipinski definition) is 5. The first-order valence-corrected chi connectivity index (χ1v) is 5.93. The quantitative estimate of drug-likeness (QED) is 0.548. The topological polar surface area (TPSA) is 63.5 Å². The second-order valence-corrected chi connectivity index (χ2v) is 4.02. The molecule has 0 rings (SSSR count). The summed E-state index contributed by atoms with van der Waals surface area (Å²) < 4.78 is 15.5. The Bertz CT molecular complexity index is 218. The summed E-state index contributed by atoms with van der Waals surface area (Å²) in [4.78, 5) is 0. The summed E-state index contributed by atoms with van der Waals surface area (Å²) in [6.07, 6.45) is 1.65. The highest BCUT2D eigenvalue weighted by atomic mass is 16.5. The Labute approximate surface area is 104 Å². The third-order valence-corrected chi connectivity index (χ3v) is 2.57. The highest BCUT2D eigenvalue weighted by Crippen LogP contribution is 2.09. The third-order valence-electron chi connectivity index (χ3n) is 2.57. The summed E-state index contributed by atoms with van der Waals surface area (Å²) in [5.41, 5.74) is -0.446. The normalized spacial score (nSPS) is 14.2. The highest BCUT2D eigenvalue weighted by molar-refractivity contribution is 5.02. The lowest BCUT2D eigenvalue weighted by atomic mass is 9.98. The smallest absolute Gasteiger partial charge is 0.103 e. The second kappa shape index (κ2) is 10.5. The number of nitriles is 1. The Morgan fingerprint density at radius 1 is 1.12 bits per heavy atom. The van der Waals surface area contributed by atoms with Crippen LogP contribution in [0, 0.1) is 11.3 Å². The van der Waals surface area contributed by atoms with Gasteiger partial charge in [-0.25, -0.2) is 0 Å². The molecular formula is C12H24N2O3. The van der Waals surface area contributed by atoms with Crippen LogP contribution in [0.5, 0.6) is 0 Å². The van der Waals surface area contributed by atoms with Gasteiger partial charge in [0.05, 0.1) is 32.5 Å². The van der Waals surface area contributed by atoms with Crippen molar-refractivity contribution >= 4 is 0 Å². The Hall–Kier alpha value is -0.670. The zero-order valence-corrected chi connectivity index (χ0v) is 11.1. The average molecular weight is 244 g/mol. The van der Waals surface area contributed by atoms with Crippen molar-refractivity contribution in [2.45, 2.75) is 25.3 Å². The molecular weight excluding hydrogens is 220 g/mol. The monoisotopic (exact) mass is 244 g/mol. The molecule has 0 aliphatic rings. The molecule has 0 saturated carbocycles. The fraction of sp³-hybridized carbons (Fsp3) is 0.917. The molecule has 0 aliphatic heterocycles. The van der Waals surface area contributed by atoms with Crippen LogP contribution in [0.4, 0.5) is 0 Å². The van der Waals surface area contributed by atoms with Gasteiger partial charge in [0.1, 0.15) is 5.54 Å². The molecule has 1 unspecified atom stereocenters. The molecule has 0 amide bonds. The predicted molar refractivity (Wildman–Crippen MR) is 65.8 cm³/mol. The molecule has 1 atom stereocenters. The Morgan fingerprint density at radius 3 is 2.24 bits per heavy atom. The van der Waals surface area contributed by atoms with Crippen LogP contribution in [-0.2, 0) is 14.2 Å². The van der Waals surface area contributed by atoms with Gasteiger partial charge in [-0.05, 0) is 26.8 Å². The molecule has 5 nitrogen and oxygen atoms in total. The van der Waals surface area contributed by atoms with Crippen LogP contribution in [0.25, 0.3) is 0 Å². The third kappa shape index (κ3) is 9.07. The van der Waals surface area contributed by atoms with Gasteiger partial charge in [0, 0.05) is 13.7 Å². The molecule has 0 aromatic carbocycles. The van der Waals surface area contributed by atoms with E-state index < -0.39 is 5.54 Å². The van der Waals surface area contributed by atoms with E-state index >= 15 is 0 Å². The van der Waals surface area contributed by atoms with E-state index in [4.69, 9.17) is 19.5 Å². The molecule has 5 heteroatoms. The molecule has 17 heavy (non-hydrogen) atoms. The van der Waals surface area contributed by atoms with Crippen LogP contribution in [0.1, 0.15) is 19.8 Å². The van der Waals surface area contributed by atoms with Gasteiger partial charge in [0.25, 0.3) is 0 Å². The molecule has 0 aromatic heterocycles. The number of nitrogens with one attached hydrogen (secondary N) is 1. The van der Waals surface area contributed by atoms with E-state index in [-0.39, 0.29) is 0 Å². The Kier molecular flexibility index (Phi) is 10.1. The molecule has 0 bridgehead atoms. The van der Waals surface area contributed by atoms with Crippen molar-refractivity contribution in [2.75, 3.05) is 47.2 Å². The second-order valence-electron chi connectivity index (χ2n) is 4.02. The molecule has 0 heterocycles.